The summed E-state index contributed by atoms with van der Waals surface area (Å²) in [6.45, 7) is 7.71. The Kier molecular flexibility index (Phi) is 5.46. The van der Waals surface area contributed by atoms with E-state index in [-0.39, 0.29) is 6.09 Å². The Hall–Kier alpha value is -2.15. The molecule has 2 aromatic heterocycles. The number of nitrogens with zero attached hydrogens (tertiary/aromatic N) is 4. The van der Waals surface area contributed by atoms with Crippen molar-refractivity contribution in [3.8, 4) is 0 Å². The van der Waals surface area contributed by atoms with Crippen molar-refractivity contribution in [1.82, 2.24) is 19.9 Å². The summed E-state index contributed by atoms with van der Waals surface area (Å²) in [6.07, 6.45) is 5.00. The molecule has 1 aliphatic rings. The number of halogens is 1. The number of carbonyl (C=O) groups is 1. The summed E-state index contributed by atoms with van der Waals surface area (Å²) in [5.41, 5.74) is 0.913. The fraction of sp³-hybridized carbons (Fsp3) is 0.556. The van der Waals surface area contributed by atoms with Gasteiger partial charge >= 0.3 is 6.09 Å². The Bertz CT molecular complexity index is 793. The van der Waals surface area contributed by atoms with E-state index in [9.17, 15) is 4.79 Å². The van der Waals surface area contributed by atoms with Gasteiger partial charge in [0.1, 0.15) is 16.3 Å². The maximum absolute atomic E-state index is 12.3. The Morgan fingerprint density at radius 1 is 1.38 bits per heavy atom. The van der Waals surface area contributed by atoms with Gasteiger partial charge in [-0.2, -0.15) is 0 Å². The van der Waals surface area contributed by atoms with E-state index in [1.165, 1.54) is 0 Å². The molecule has 1 fully saturated rings. The summed E-state index contributed by atoms with van der Waals surface area (Å²) in [5, 5.41) is 3.70. The molecule has 1 amide bonds. The molecule has 26 heavy (non-hydrogen) atoms. The highest BCUT2D eigenvalue weighted by Gasteiger charge is 2.27. The highest BCUT2D eigenvalue weighted by molar-refractivity contribution is 6.30. The maximum Gasteiger partial charge on any atom is 0.410 e. The van der Waals surface area contributed by atoms with Crippen LogP contribution in [0.3, 0.4) is 0 Å². The molecule has 0 radical (unpaired) electrons. The number of carbonyl (C=O) groups excluding carboxylic acids is 1. The van der Waals surface area contributed by atoms with Gasteiger partial charge in [-0.15, -0.1) is 0 Å². The first kappa shape index (κ1) is 18.6. The molecule has 0 aliphatic carbocycles. The number of aromatic nitrogens is 3. The van der Waals surface area contributed by atoms with Gasteiger partial charge in [-0.25, -0.2) is 14.8 Å². The summed E-state index contributed by atoms with van der Waals surface area (Å²) in [6, 6.07) is 1.69. The van der Waals surface area contributed by atoms with Crippen LogP contribution in [0.15, 0.2) is 18.5 Å². The smallest absolute Gasteiger partial charge is 0.410 e. The monoisotopic (exact) mass is 377 g/mol. The average Bonchev–Trinajstić information content (AvgIpc) is 2.58. The molecule has 3 rings (SSSR count). The molecule has 3 heterocycles. The Labute approximate surface area is 158 Å². The fourth-order valence-corrected chi connectivity index (χ4v) is 3.22. The van der Waals surface area contributed by atoms with Crippen molar-refractivity contribution in [1.29, 1.82) is 0 Å². The predicted molar refractivity (Wildman–Crippen MR) is 101 cm³/mol. The molecule has 2 aromatic rings. The molecule has 1 saturated heterocycles. The zero-order valence-corrected chi connectivity index (χ0v) is 16.1. The maximum atomic E-state index is 12.3. The van der Waals surface area contributed by atoms with Crippen molar-refractivity contribution in [2.24, 2.45) is 5.92 Å². The normalized spacial score (nSPS) is 18.0. The lowest BCUT2D eigenvalue weighted by molar-refractivity contribution is 0.0172. The van der Waals surface area contributed by atoms with Crippen molar-refractivity contribution >= 4 is 34.5 Å². The third kappa shape index (κ3) is 4.72. The summed E-state index contributed by atoms with van der Waals surface area (Å²) >= 11 is 6.08. The van der Waals surface area contributed by atoms with Gasteiger partial charge in [-0.3, -0.25) is 4.98 Å². The number of pyridine rings is 1. The van der Waals surface area contributed by atoms with Gasteiger partial charge in [0.15, 0.2) is 5.82 Å². The molecule has 1 aliphatic heterocycles. The van der Waals surface area contributed by atoms with Crippen LogP contribution < -0.4 is 5.32 Å². The van der Waals surface area contributed by atoms with Crippen LogP contribution in [0, 0.1) is 5.92 Å². The van der Waals surface area contributed by atoms with Crippen molar-refractivity contribution in [2.75, 3.05) is 25.0 Å². The molecular weight excluding hydrogens is 354 g/mol. The van der Waals surface area contributed by atoms with Crippen molar-refractivity contribution in [3.63, 3.8) is 0 Å². The van der Waals surface area contributed by atoms with E-state index >= 15 is 0 Å². The van der Waals surface area contributed by atoms with Gasteiger partial charge in [-0.1, -0.05) is 11.6 Å². The van der Waals surface area contributed by atoms with Crippen LogP contribution in [-0.2, 0) is 4.74 Å². The van der Waals surface area contributed by atoms with Crippen LogP contribution in [0.5, 0.6) is 0 Å². The molecule has 140 valence electrons. The second kappa shape index (κ2) is 7.61. The van der Waals surface area contributed by atoms with E-state index in [1.807, 2.05) is 20.8 Å². The minimum atomic E-state index is -0.482. The standard InChI is InChI=1S/C18H24ClN5O2/c1-18(2,3)26-17(25)24-8-4-5-12(11-24)10-22-16-15-13(9-14(19)23-16)20-6-7-21-15/h6-7,9,12H,4-5,8,10-11H2,1-3H3,(H,22,23)/t12-/m0/s1. The lowest BCUT2D eigenvalue weighted by Gasteiger charge is -2.34. The lowest BCUT2D eigenvalue weighted by atomic mass is 9.98. The van der Waals surface area contributed by atoms with Gasteiger partial charge in [0.25, 0.3) is 0 Å². The average molecular weight is 378 g/mol. The van der Waals surface area contributed by atoms with E-state index < -0.39 is 5.60 Å². The second-order valence-electron chi connectivity index (χ2n) is 7.53. The van der Waals surface area contributed by atoms with E-state index in [0.717, 1.165) is 19.4 Å². The topological polar surface area (TPSA) is 80.2 Å². The molecule has 0 aromatic carbocycles. The number of ether oxygens (including phenoxy) is 1. The van der Waals surface area contributed by atoms with Crippen LogP contribution >= 0.6 is 11.6 Å². The number of hydrogen-bond acceptors (Lipinski definition) is 6. The Balaban J connectivity index is 1.64. The Morgan fingerprint density at radius 3 is 2.92 bits per heavy atom. The highest BCUT2D eigenvalue weighted by Crippen LogP contribution is 2.23. The fourth-order valence-electron chi connectivity index (χ4n) is 3.03. The van der Waals surface area contributed by atoms with Gasteiger partial charge < -0.3 is 15.0 Å². The first-order chi connectivity index (χ1) is 12.3. The van der Waals surface area contributed by atoms with Crippen molar-refractivity contribution < 1.29 is 9.53 Å². The molecule has 1 N–H and O–H groups in total. The van der Waals surface area contributed by atoms with E-state index in [0.29, 0.717) is 41.0 Å². The zero-order valence-electron chi connectivity index (χ0n) is 15.3. The summed E-state index contributed by atoms with van der Waals surface area (Å²) in [5.74, 6) is 0.929. The minimum absolute atomic E-state index is 0.251. The number of amides is 1. The van der Waals surface area contributed by atoms with E-state index in [1.54, 1.807) is 23.4 Å². The van der Waals surface area contributed by atoms with Crippen molar-refractivity contribution in [2.45, 2.75) is 39.2 Å². The molecule has 0 bridgehead atoms. The second-order valence-corrected chi connectivity index (χ2v) is 7.92. The minimum Gasteiger partial charge on any atom is -0.444 e. The first-order valence-electron chi connectivity index (χ1n) is 8.81. The van der Waals surface area contributed by atoms with Crippen LogP contribution in [0.1, 0.15) is 33.6 Å². The summed E-state index contributed by atoms with van der Waals surface area (Å²) < 4.78 is 5.48. The molecule has 0 unspecified atom stereocenters. The predicted octanol–water partition coefficient (Wildman–Crippen LogP) is 3.74. The zero-order chi connectivity index (χ0) is 18.7. The first-order valence-corrected chi connectivity index (χ1v) is 9.19. The summed E-state index contributed by atoms with van der Waals surface area (Å²) in [4.78, 5) is 27.0. The number of piperidine rings is 1. The van der Waals surface area contributed by atoms with Gasteiger partial charge in [0.2, 0.25) is 0 Å². The molecule has 7 nitrogen and oxygen atoms in total. The van der Waals surface area contributed by atoms with Crippen molar-refractivity contribution in [3.05, 3.63) is 23.6 Å². The van der Waals surface area contributed by atoms with Crippen LogP contribution in [0.4, 0.5) is 10.6 Å². The van der Waals surface area contributed by atoms with Gasteiger partial charge in [0.05, 0.1) is 5.52 Å². The molecule has 0 saturated carbocycles. The molecular formula is C18H24ClN5O2. The number of nitrogens with one attached hydrogen (secondary N) is 1. The largest absolute Gasteiger partial charge is 0.444 e. The van der Waals surface area contributed by atoms with E-state index in [4.69, 9.17) is 16.3 Å². The third-order valence-corrected chi connectivity index (χ3v) is 4.35. The highest BCUT2D eigenvalue weighted by atomic mass is 35.5. The lowest BCUT2D eigenvalue weighted by Crippen LogP contribution is -2.44. The number of likely N-dealkylation sites (tertiary alicyclic amines) is 1. The summed E-state index contributed by atoms with van der Waals surface area (Å²) in [7, 11) is 0. The molecule has 8 heteroatoms. The molecule has 0 spiro atoms. The van der Waals surface area contributed by atoms with Crippen LogP contribution in [0.25, 0.3) is 11.0 Å². The van der Waals surface area contributed by atoms with Crippen LogP contribution in [0.2, 0.25) is 5.15 Å². The van der Waals surface area contributed by atoms with Crippen LogP contribution in [-0.4, -0.2) is 51.2 Å². The number of anilines is 1. The van der Waals surface area contributed by atoms with Gasteiger partial charge in [0, 0.05) is 38.1 Å². The van der Waals surface area contributed by atoms with E-state index in [2.05, 4.69) is 20.3 Å². The number of hydrogen-bond donors (Lipinski definition) is 1. The Morgan fingerprint density at radius 2 is 2.15 bits per heavy atom. The number of fused-ring (bicyclic) bond motifs is 1. The molecule has 1 atom stereocenters. The number of rotatable bonds is 3. The third-order valence-electron chi connectivity index (χ3n) is 4.15. The SMILES string of the molecule is CC(C)(C)OC(=O)N1CCC[C@@H](CNc2nc(Cl)cc3nccnc23)C1. The quantitative estimate of drug-likeness (QED) is 0.821. The van der Waals surface area contributed by atoms with Gasteiger partial charge in [-0.05, 0) is 39.5 Å².